The summed E-state index contributed by atoms with van der Waals surface area (Å²) in [5, 5.41) is 9.78. The van der Waals surface area contributed by atoms with E-state index in [9.17, 15) is 5.11 Å². The molecule has 23 heavy (non-hydrogen) atoms. The van der Waals surface area contributed by atoms with Crippen molar-refractivity contribution in [1.29, 1.82) is 0 Å². The van der Waals surface area contributed by atoms with Gasteiger partial charge >= 0.3 is 0 Å². The fourth-order valence-corrected chi connectivity index (χ4v) is 3.23. The molecule has 0 saturated carbocycles. The van der Waals surface area contributed by atoms with Crippen molar-refractivity contribution < 1.29 is 28.5 Å². The van der Waals surface area contributed by atoms with E-state index in [1.165, 1.54) is 7.11 Å². The summed E-state index contributed by atoms with van der Waals surface area (Å²) < 4.78 is 29.3. The molecule has 4 atom stereocenters. The molecular weight excluding hydrogens is 316 g/mol. The number of aliphatic hydroxyl groups excluding tert-OH is 1. The molecule has 6 nitrogen and oxygen atoms in total. The highest BCUT2D eigenvalue weighted by atomic mass is 28.4. The second-order valence-electron chi connectivity index (χ2n) is 7.87. The van der Waals surface area contributed by atoms with Gasteiger partial charge in [-0.1, -0.05) is 20.8 Å². The number of methoxy groups -OCH3 is 2. The SMILES string of the molecule is CO[C@]1(C)O[C@@H](CO)[C@@H](CO[Si](C)(C)C(C)(C)C)O[C@@]1(C)OC. The first-order chi connectivity index (χ1) is 10.4. The zero-order chi connectivity index (χ0) is 18.1. The maximum absolute atomic E-state index is 9.68. The first-order valence-electron chi connectivity index (χ1n) is 8.06. The zero-order valence-electron chi connectivity index (χ0n) is 16.1. The molecule has 1 saturated heterocycles. The Hall–Kier alpha value is -0.0231. The van der Waals surface area contributed by atoms with E-state index < -0.39 is 32.1 Å². The van der Waals surface area contributed by atoms with Gasteiger partial charge in [0.1, 0.15) is 12.2 Å². The van der Waals surface area contributed by atoms with E-state index in [4.69, 9.17) is 23.4 Å². The van der Waals surface area contributed by atoms with Crippen molar-refractivity contribution in [2.45, 2.75) is 76.5 Å². The Morgan fingerprint density at radius 3 is 1.78 bits per heavy atom. The second kappa shape index (κ2) is 7.07. The number of rotatable bonds is 6. The van der Waals surface area contributed by atoms with E-state index in [1.807, 2.05) is 0 Å². The highest BCUT2D eigenvalue weighted by Gasteiger charge is 2.56. The van der Waals surface area contributed by atoms with E-state index in [2.05, 4.69) is 33.9 Å². The minimum atomic E-state index is -1.92. The molecule has 1 heterocycles. The molecule has 0 amide bonds. The normalized spacial score (nSPS) is 36.3. The topological polar surface area (TPSA) is 66.4 Å². The lowest BCUT2D eigenvalue weighted by Gasteiger charge is -2.52. The van der Waals surface area contributed by atoms with Crippen LogP contribution >= 0.6 is 0 Å². The van der Waals surface area contributed by atoms with Crippen LogP contribution in [0.5, 0.6) is 0 Å². The van der Waals surface area contributed by atoms with Crippen LogP contribution in [0.25, 0.3) is 0 Å². The van der Waals surface area contributed by atoms with Crippen molar-refractivity contribution in [3.05, 3.63) is 0 Å². The molecule has 0 aromatic heterocycles. The highest BCUT2D eigenvalue weighted by Crippen LogP contribution is 2.41. The lowest BCUT2D eigenvalue weighted by Crippen LogP contribution is -2.66. The van der Waals surface area contributed by atoms with E-state index in [0.29, 0.717) is 6.61 Å². The second-order valence-corrected chi connectivity index (χ2v) is 12.7. The third-order valence-corrected chi connectivity index (χ3v) is 9.87. The van der Waals surface area contributed by atoms with E-state index in [0.717, 1.165) is 0 Å². The summed E-state index contributed by atoms with van der Waals surface area (Å²) in [5.41, 5.74) is 0. The van der Waals surface area contributed by atoms with Crippen LogP contribution in [0.1, 0.15) is 34.6 Å². The third-order valence-electron chi connectivity index (χ3n) is 5.37. The number of aliphatic hydroxyl groups is 1. The summed E-state index contributed by atoms with van der Waals surface area (Å²) in [4.78, 5) is 0. The summed E-state index contributed by atoms with van der Waals surface area (Å²) >= 11 is 0. The molecule has 0 aromatic carbocycles. The number of ether oxygens (including phenoxy) is 4. The van der Waals surface area contributed by atoms with Gasteiger partial charge in [0.2, 0.25) is 11.6 Å². The van der Waals surface area contributed by atoms with E-state index >= 15 is 0 Å². The number of hydrogen-bond acceptors (Lipinski definition) is 6. The Labute approximate surface area is 141 Å². The van der Waals surface area contributed by atoms with Gasteiger partial charge in [0.25, 0.3) is 0 Å². The minimum Gasteiger partial charge on any atom is -0.414 e. The van der Waals surface area contributed by atoms with Crippen LogP contribution in [0.4, 0.5) is 0 Å². The van der Waals surface area contributed by atoms with Gasteiger partial charge in [0, 0.05) is 14.2 Å². The van der Waals surface area contributed by atoms with Crippen LogP contribution in [0.15, 0.2) is 0 Å². The quantitative estimate of drug-likeness (QED) is 0.743. The minimum absolute atomic E-state index is 0.100. The van der Waals surface area contributed by atoms with Gasteiger partial charge in [0.05, 0.1) is 13.2 Å². The average molecular weight is 351 g/mol. The van der Waals surface area contributed by atoms with Gasteiger partial charge < -0.3 is 28.5 Å². The van der Waals surface area contributed by atoms with Gasteiger partial charge in [-0.2, -0.15) is 0 Å². The van der Waals surface area contributed by atoms with Crippen LogP contribution in [0.3, 0.4) is 0 Å². The molecule has 0 aliphatic carbocycles. The molecule has 138 valence electrons. The Morgan fingerprint density at radius 1 is 1.00 bits per heavy atom. The molecule has 0 bridgehead atoms. The van der Waals surface area contributed by atoms with Gasteiger partial charge in [-0.05, 0) is 32.0 Å². The fourth-order valence-electron chi connectivity index (χ4n) is 2.21. The third kappa shape index (κ3) is 4.15. The molecular formula is C16H34O6Si. The Balaban J connectivity index is 2.91. The molecule has 1 rings (SSSR count). The van der Waals surface area contributed by atoms with Crippen LogP contribution in [-0.4, -0.2) is 64.6 Å². The molecule has 7 heteroatoms. The first-order valence-corrected chi connectivity index (χ1v) is 11.0. The lowest BCUT2D eigenvalue weighted by molar-refractivity contribution is -0.451. The Bertz CT molecular complexity index is 397. The van der Waals surface area contributed by atoms with Crippen LogP contribution in [0, 0.1) is 0 Å². The van der Waals surface area contributed by atoms with Crippen molar-refractivity contribution in [2.24, 2.45) is 0 Å². The summed E-state index contributed by atoms with van der Waals surface area (Å²) in [6.07, 6.45) is -0.963. The van der Waals surface area contributed by atoms with Gasteiger partial charge in [-0.3, -0.25) is 0 Å². The standard InChI is InChI=1S/C16H34O6Si/c1-14(2,3)23(8,9)20-11-13-12(10-17)21-15(4,18-6)16(5,19-7)22-13/h12-13,17H,10-11H2,1-9H3/t12-,13+,15+,16+/m0/s1. The average Bonchev–Trinajstić information content (AvgIpc) is 2.46. The smallest absolute Gasteiger partial charge is 0.220 e. The lowest BCUT2D eigenvalue weighted by atomic mass is 10.0. The fraction of sp³-hybridized carbons (Fsp3) is 1.00. The van der Waals surface area contributed by atoms with Crippen LogP contribution in [0.2, 0.25) is 18.1 Å². The van der Waals surface area contributed by atoms with Gasteiger partial charge in [-0.25, -0.2) is 0 Å². The van der Waals surface area contributed by atoms with E-state index in [-0.39, 0.29) is 11.6 Å². The predicted molar refractivity (Wildman–Crippen MR) is 90.8 cm³/mol. The molecule has 0 radical (unpaired) electrons. The Morgan fingerprint density at radius 2 is 1.43 bits per heavy atom. The molecule has 1 fully saturated rings. The predicted octanol–water partition coefficient (Wildman–Crippen LogP) is 2.51. The van der Waals surface area contributed by atoms with Crippen molar-refractivity contribution in [2.75, 3.05) is 27.4 Å². The van der Waals surface area contributed by atoms with Gasteiger partial charge in [-0.15, -0.1) is 0 Å². The largest absolute Gasteiger partial charge is 0.414 e. The van der Waals surface area contributed by atoms with Crippen molar-refractivity contribution in [1.82, 2.24) is 0 Å². The summed E-state index contributed by atoms with van der Waals surface area (Å²) in [6.45, 7) is 14.6. The summed E-state index contributed by atoms with van der Waals surface area (Å²) in [7, 11) is 1.16. The monoisotopic (exact) mass is 350 g/mol. The van der Waals surface area contributed by atoms with E-state index in [1.54, 1.807) is 21.0 Å². The van der Waals surface area contributed by atoms with Crippen LogP contribution in [-0.2, 0) is 23.4 Å². The molecule has 0 aromatic rings. The van der Waals surface area contributed by atoms with Gasteiger partial charge in [0.15, 0.2) is 8.32 Å². The molecule has 1 aliphatic heterocycles. The summed E-state index contributed by atoms with van der Waals surface area (Å²) in [6, 6.07) is 0. The summed E-state index contributed by atoms with van der Waals surface area (Å²) in [5.74, 6) is -2.20. The molecule has 1 aliphatic rings. The molecule has 0 unspecified atom stereocenters. The van der Waals surface area contributed by atoms with Crippen molar-refractivity contribution >= 4 is 8.32 Å². The van der Waals surface area contributed by atoms with Crippen molar-refractivity contribution in [3.63, 3.8) is 0 Å². The maximum atomic E-state index is 9.68. The number of hydrogen-bond donors (Lipinski definition) is 1. The first kappa shape index (κ1) is 21.0. The highest BCUT2D eigenvalue weighted by molar-refractivity contribution is 6.74. The van der Waals surface area contributed by atoms with Crippen molar-refractivity contribution in [3.8, 4) is 0 Å². The molecule has 1 N–H and O–H groups in total. The maximum Gasteiger partial charge on any atom is 0.220 e. The zero-order valence-corrected chi connectivity index (χ0v) is 17.1. The molecule has 0 spiro atoms. The van der Waals surface area contributed by atoms with Crippen LogP contribution < -0.4 is 0 Å². The Kier molecular flexibility index (Phi) is 6.46.